The molecule has 2 heteroatoms. The van der Waals surface area contributed by atoms with Crippen LogP contribution in [-0.4, -0.2) is 4.98 Å². The topological polar surface area (TPSA) is 12.9 Å². The number of nitrogens with zero attached hydrogens (tertiary/aromatic N) is 1. The predicted octanol–water partition coefficient (Wildman–Crippen LogP) is 3.94. The summed E-state index contributed by atoms with van der Waals surface area (Å²) in [5, 5.41) is 1.10. The van der Waals surface area contributed by atoms with Gasteiger partial charge in [0.05, 0.1) is 5.03 Å². The molecule has 1 nitrogen and oxygen atoms in total. The van der Waals surface area contributed by atoms with Crippen molar-refractivity contribution in [3.8, 4) is 0 Å². The molecule has 0 bridgehead atoms. The van der Waals surface area contributed by atoms with Gasteiger partial charge in [0.15, 0.2) is 0 Å². The van der Waals surface area contributed by atoms with E-state index in [1.807, 2.05) is 12.3 Å². The van der Waals surface area contributed by atoms with Crippen molar-refractivity contribution in [2.45, 2.75) is 24.1 Å². The smallest absolute Gasteiger partial charge is 0.0963 e. The molecule has 2 rings (SSSR count). The molecule has 0 amide bonds. The summed E-state index contributed by atoms with van der Waals surface area (Å²) < 4.78 is 0. The van der Waals surface area contributed by atoms with Crippen molar-refractivity contribution in [2.75, 3.05) is 0 Å². The van der Waals surface area contributed by atoms with E-state index < -0.39 is 0 Å². The molecule has 0 saturated heterocycles. The highest BCUT2D eigenvalue weighted by molar-refractivity contribution is 7.98. The zero-order valence-electron chi connectivity index (χ0n) is 9.39. The van der Waals surface area contributed by atoms with Gasteiger partial charge in [0.25, 0.3) is 0 Å². The van der Waals surface area contributed by atoms with Crippen LogP contribution >= 0.6 is 11.8 Å². The third-order valence-electron chi connectivity index (χ3n) is 2.44. The van der Waals surface area contributed by atoms with Gasteiger partial charge >= 0.3 is 0 Å². The van der Waals surface area contributed by atoms with Crippen LogP contribution in [0.1, 0.15) is 18.1 Å². The van der Waals surface area contributed by atoms with Gasteiger partial charge in [0.2, 0.25) is 0 Å². The maximum Gasteiger partial charge on any atom is 0.0963 e. The van der Waals surface area contributed by atoms with Crippen molar-refractivity contribution < 1.29 is 0 Å². The first-order valence-corrected chi connectivity index (χ1v) is 6.48. The molecule has 1 aromatic heterocycles. The number of rotatable bonds is 4. The fourth-order valence-electron chi connectivity index (χ4n) is 1.44. The highest BCUT2D eigenvalue weighted by Gasteiger charge is 1.97. The van der Waals surface area contributed by atoms with E-state index in [1.54, 1.807) is 11.8 Å². The summed E-state index contributed by atoms with van der Waals surface area (Å²) in [6, 6.07) is 14.7. The van der Waals surface area contributed by atoms with Gasteiger partial charge in [-0.3, -0.25) is 0 Å². The van der Waals surface area contributed by atoms with E-state index in [2.05, 4.69) is 48.3 Å². The fourth-order valence-corrected chi connectivity index (χ4v) is 2.24. The van der Waals surface area contributed by atoms with E-state index >= 15 is 0 Å². The molecule has 0 aliphatic heterocycles. The van der Waals surface area contributed by atoms with Crippen molar-refractivity contribution in [3.05, 3.63) is 59.8 Å². The Labute approximate surface area is 101 Å². The first-order chi connectivity index (χ1) is 7.88. The molecule has 0 N–H and O–H groups in total. The first kappa shape index (κ1) is 11.2. The molecule has 16 heavy (non-hydrogen) atoms. The third kappa shape index (κ3) is 3.11. The lowest BCUT2D eigenvalue weighted by molar-refractivity contribution is 1.04. The van der Waals surface area contributed by atoms with E-state index in [4.69, 9.17) is 0 Å². The molecular formula is C14H15NS. The molecule has 0 unspecified atom stereocenters. The second kappa shape index (κ2) is 5.71. The summed E-state index contributed by atoms with van der Waals surface area (Å²) in [4.78, 5) is 4.43. The Morgan fingerprint density at radius 2 is 1.81 bits per heavy atom. The van der Waals surface area contributed by atoms with E-state index in [-0.39, 0.29) is 0 Å². The molecule has 0 saturated carbocycles. The van der Waals surface area contributed by atoms with Crippen molar-refractivity contribution in [1.82, 2.24) is 4.98 Å². The molecule has 0 fully saturated rings. The standard InChI is InChI=1S/C14H15NS/c1-2-12-8-9-14(15-10-12)16-11-13-6-4-3-5-7-13/h3-10H,2,11H2,1H3. The van der Waals surface area contributed by atoms with Gasteiger partial charge in [-0.2, -0.15) is 0 Å². The minimum absolute atomic E-state index is 0.985. The maximum atomic E-state index is 4.43. The largest absolute Gasteiger partial charge is 0.250 e. The van der Waals surface area contributed by atoms with Crippen LogP contribution in [0.25, 0.3) is 0 Å². The van der Waals surface area contributed by atoms with Gasteiger partial charge in [-0.05, 0) is 23.6 Å². The summed E-state index contributed by atoms with van der Waals surface area (Å²) in [7, 11) is 0. The summed E-state index contributed by atoms with van der Waals surface area (Å²) in [6.45, 7) is 2.15. The minimum Gasteiger partial charge on any atom is -0.250 e. The van der Waals surface area contributed by atoms with Gasteiger partial charge < -0.3 is 0 Å². The van der Waals surface area contributed by atoms with E-state index in [0.717, 1.165) is 17.2 Å². The SMILES string of the molecule is CCc1ccc(SCc2ccccc2)nc1. The van der Waals surface area contributed by atoms with Crippen molar-refractivity contribution >= 4 is 11.8 Å². The molecule has 1 aromatic carbocycles. The monoisotopic (exact) mass is 229 g/mol. The van der Waals surface area contributed by atoms with Gasteiger partial charge in [0, 0.05) is 11.9 Å². The van der Waals surface area contributed by atoms with Crippen LogP contribution in [0, 0.1) is 0 Å². The highest BCUT2D eigenvalue weighted by Crippen LogP contribution is 2.20. The number of hydrogen-bond donors (Lipinski definition) is 0. The molecular weight excluding hydrogens is 214 g/mol. The molecule has 82 valence electrons. The Balaban J connectivity index is 1.94. The fraction of sp³-hybridized carbons (Fsp3) is 0.214. The Hall–Kier alpha value is -1.28. The van der Waals surface area contributed by atoms with Gasteiger partial charge in [-0.25, -0.2) is 4.98 Å². The average molecular weight is 229 g/mol. The number of hydrogen-bond acceptors (Lipinski definition) is 2. The highest BCUT2D eigenvalue weighted by atomic mass is 32.2. The van der Waals surface area contributed by atoms with Crippen molar-refractivity contribution in [2.24, 2.45) is 0 Å². The molecule has 0 aliphatic carbocycles. The Bertz CT molecular complexity index is 422. The number of thioether (sulfide) groups is 1. The van der Waals surface area contributed by atoms with Crippen molar-refractivity contribution in [1.29, 1.82) is 0 Å². The average Bonchev–Trinajstić information content (AvgIpc) is 2.38. The zero-order chi connectivity index (χ0) is 11.2. The summed E-state index contributed by atoms with van der Waals surface area (Å²) >= 11 is 1.78. The molecule has 0 radical (unpaired) electrons. The van der Waals surface area contributed by atoms with E-state index in [1.165, 1.54) is 11.1 Å². The van der Waals surface area contributed by atoms with Crippen LogP contribution in [0.3, 0.4) is 0 Å². The Kier molecular flexibility index (Phi) is 4.00. The van der Waals surface area contributed by atoms with E-state index in [0.29, 0.717) is 0 Å². The third-order valence-corrected chi connectivity index (χ3v) is 3.45. The van der Waals surface area contributed by atoms with Crippen LogP contribution in [0.4, 0.5) is 0 Å². The predicted molar refractivity (Wildman–Crippen MR) is 69.6 cm³/mol. The second-order valence-corrected chi connectivity index (χ2v) is 4.63. The number of aryl methyl sites for hydroxylation is 1. The number of pyridine rings is 1. The van der Waals surface area contributed by atoms with Crippen LogP contribution < -0.4 is 0 Å². The van der Waals surface area contributed by atoms with Gasteiger partial charge in [0.1, 0.15) is 0 Å². The molecule has 0 aliphatic rings. The van der Waals surface area contributed by atoms with E-state index in [9.17, 15) is 0 Å². The second-order valence-electron chi connectivity index (χ2n) is 3.63. The summed E-state index contributed by atoms with van der Waals surface area (Å²) in [5.41, 5.74) is 2.64. The number of benzene rings is 1. The quantitative estimate of drug-likeness (QED) is 0.737. The number of aromatic nitrogens is 1. The zero-order valence-corrected chi connectivity index (χ0v) is 10.2. The van der Waals surface area contributed by atoms with Crippen LogP contribution in [0.5, 0.6) is 0 Å². The van der Waals surface area contributed by atoms with Gasteiger partial charge in [-0.15, -0.1) is 11.8 Å². The Morgan fingerprint density at radius 1 is 1.00 bits per heavy atom. The van der Waals surface area contributed by atoms with Crippen LogP contribution in [-0.2, 0) is 12.2 Å². The molecule has 2 aromatic rings. The summed E-state index contributed by atoms with van der Waals surface area (Å²) in [5.74, 6) is 0.985. The minimum atomic E-state index is 0.985. The molecule has 0 atom stereocenters. The maximum absolute atomic E-state index is 4.43. The lowest BCUT2D eigenvalue weighted by Gasteiger charge is -2.02. The summed E-state index contributed by atoms with van der Waals surface area (Å²) in [6.07, 6.45) is 3.02. The molecule has 0 spiro atoms. The van der Waals surface area contributed by atoms with Gasteiger partial charge in [-0.1, -0.05) is 43.3 Å². The first-order valence-electron chi connectivity index (χ1n) is 5.50. The van der Waals surface area contributed by atoms with Crippen LogP contribution in [0.2, 0.25) is 0 Å². The Morgan fingerprint density at radius 3 is 2.44 bits per heavy atom. The lowest BCUT2D eigenvalue weighted by atomic mass is 10.2. The van der Waals surface area contributed by atoms with Crippen LogP contribution in [0.15, 0.2) is 53.7 Å². The molecule has 1 heterocycles. The normalized spacial score (nSPS) is 10.3. The lowest BCUT2D eigenvalue weighted by Crippen LogP contribution is -1.85. The van der Waals surface area contributed by atoms with Crippen molar-refractivity contribution in [3.63, 3.8) is 0 Å².